The first-order valence-corrected chi connectivity index (χ1v) is 6.40. The summed E-state index contributed by atoms with van der Waals surface area (Å²) in [5.74, 6) is 0.206. The fourth-order valence-electron chi connectivity index (χ4n) is 1.08. The molecule has 0 fully saturated rings. The van der Waals surface area contributed by atoms with Crippen molar-refractivity contribution in [2.75, 3.05) is 0 Å². The molecule has 17 heavy (non-hydrogen) atoms. The van der Waals surface area contributed by atoms with Gasteiger partial charge in [0.2, 0.25) is 0 Å². The van der Waals surface area contributed by atoms with Crippen LogP contribution in [0.25, 0.3) is 6.08 Å². The van der Waals surface area contributed by atoms with Crippen LogP contribution < -0.4 is 0 Å². The van der Waals surface area contributed by atoms with Crippen LogP contribution in [0.5, 0.6) is 0 Å². The standard InChI is InChI=1S/C10H8N2O3S2/c1-7-6-17-10(11-7)16-5-4-8-2-3-9(15-8)12(13)14/h2-6H,1H3/b5-4+. The van der Waals surface area contributed by atoms with E-state index < -0.39 is 4.92 Å². The Morgan fingerprint density at radius 2 is 2.41 bits per heavy atom. The molecule has 0 amide bonds. The highest BCUT2D eigenvalue weighted by Crippen LogP contribution is 2.25. The monoisotopic (exact) mass is 268 g/mol. The zero-order valence-electron chi connectivity index (χ0n) is 8.82. The largest absolute Gasteiger partial charge is 0.433 e. The van der Waals surface area contributed by atoms with E-state index in [4.69, 9.17) is 4.42 Å². The quantitative estimate of drug-likeness (QED) is 0.480. The number of nitro groups is 1. The molecule has 0 aromatic carbocycles. The second-order valence-corrected chi connectivity index (χ2v) is 5.12. The molecule has 88 valence electrons. The number of hydrogen-bond acceptors (Lipinski definition) is 6. The number of aromatic nitrogens is 1. The number of aryl methyl sites for hydroxylation is 1. The van der Waals surface area contributed by atoms with Crippen molar-refractivity contribution in [2.45, 2.75) is 11.3 Å². The van der Waals surface area contributed by atoms with Crippen molar-refractivity contribution in [3.05, 3.63) is 44.5 Å². The molecule has 2 aromatic rings. The van der Waals surface area contributed by atoms with Crippen LogP contribution in [0.1, 0.15) is 11.5 Å². The lowest BCUT2D eigenvalue weighted by Gasteiger charge is -1.86. The van der Waals surface area contributed by atoms with E-state index in [-0.39, 0.29) is 5.88 Å². The number of hydrogen-bond donors (Lipinski definition) is 0. The van der Waals surface area contributed by atoms with Crippen molar-refractivity contribution in [3.8, 4) is 0 Å². The van der Waals surface area contributed by atoms with Crippen molar-refractivity contribution >= 4 is 35.1 Å². The van der Waals surface area contributed by atoms with Gasteiger partial charge in [0, 0.05) is 11.1 Å². The lowest BCUT2D eigenvalue weighted by molar-refractivity contribution is -0.402. The van der Waals surface area contributed by atoms with E-state index in [1.807, 2.05) is 12.3 Å². The van der Waals surface area contributed by atoms with Crippen LogP contribution in [0.3, 0.4) is 0 Å². The molecule has 0 aliphatic heterocycles. The molecule has 0 bridgehead atoms. The minimum absolute atomic E-state index is 0.250. The molecule has 0 N–H and O–H groups in total. The third-order valence-corrected chi connectivity index (χ3v) is 3.69. The first-order valence-electron chi connectivity index (χ1n) is 4.65. The summed E-state index contributed by atoms with van der Waals surface area (Å²) in [7, 11) is 0. The average molecular weight is 268 g/mol. The highest BCUT2D eigenvalue weighted by molar-refractivity contribution is 8.03. The molecule has 5 nitrogen and oxygen atoms in total. The van der Waals surface area contributed by atoms with Crippen LogP contribution in [0, 0.1) is 17.0 Å². The second-order valence-electron chi connectivity index (χ2n) is 3.11. The SMILES string of the molecule is Cc1csc(S/C=C/c2ccc([N+](=O)[O-])o2)n1. The third kappa shape index (κ3) is 3.18. The third-order valence-electron chi connectivity index (χ3n) is 1.79. The Morgan fingerprint density at radius 1 is 1.59 bits per heavy atom. The zero-order chi connectivity index (χ0) is 12.3. The van der Waals surface area contributed by atoms with Crippen LogP contribution in [-0.4, -0.2) is 9.91 Å². The van der Waals surface area contributed by atoms with Crippen LogP contribution in [0.15, 0.2) is 31.7 Å². The lowest BCUT2D eigenvalue weighted by atomic mass is 10.4. The Hall–Kier alpha value is -1.60. The topological polar surface area (TPSA) is 69.2 Å². The van der Waals surface area contributed by atoms with E-state index in [1.165, 1.54) is 17.8 Å². The number of thiazole rings is 1. The fraction of sp³-hybridized carbons (Fsp3) is 0.100. The molecule has 2 aromatic heterocycles. The van der Waals surface area contributed by atoms with Gasteiger partial charge in [0.25, 0.3) is 0 Å². The van der Waals surface area contributed by atoms with Crippen LogP contribution in [0.2, 0.25) is 0 Å². The van der Waals surface area contributed by atoms with Crippen molar-refractivity contribution in [1.29, 1.82) is 0 Å². The average Bonchev–Trinajstić information content (AvgIpc) is 2.88. The molecular weight excluding hydrogens is 260 g/mol. The molecule has 2 rings (SSSR count). The normalized spacial score (nSPS) is 11.1. The number of thioether (sulfide) groups is 1. The number of rotatable bonds is 4. The van der Waals surface area contributed by atoms with Crippen molar-refractivity contribution < 1.29 is 9.34 Å². The van der Waals surface area contributed by atoms with Crippen LogP contribution in [0.4, 0.5) is 5.88 Å². The van der Waals surface area contributed by atoms with Gasteiger partial charge in [-0.25, -0.2) is 4.98 Å². The maximum absolute atomic E-state index is 10.4. The van der Waals surface area contributed by atoms with Gasteiger partial charge in [0.15, 0.2) is 4.34 Å². The predicted octanol–water partition coefficient (Wildman–Crippen LogP) is 3.72. The molecule has 0 atom stereocenters. The highest BCUT2D eigenvalue weighted by atomic mass is 32.2. The van der Waals surface area contributed by atoms with Gasteiger partial charge >= 0.3 is 5.88 Å². The molecule has 0 saturated carbocycles. The van der Waals surface area contributed by atoms with Gasteiger partial charge in [0.1, 0.15) is 10.7 Å². The van der Waals surface area contributed by atoms with Crippen LogP contribution >= 0.6 is 23.1 Å². The first kappa shape index (κ1) is 11.9. The molecule has 0 unspecified atom stereocenters. The number of nitrogens with zero attached hydrogens (tertiary/aromatic N) is 2. The molecule has 0 spiro atoms. The maximum atomic E-state index is 10.4. The van der Waals surface area contributed by atoms with Crippen molar-refractivity contribution in [1.82, 2.24) is 4.98 Å². The van der Waals surface area contributed by atoms with Gasteiger partial charge in [0.05, 0.1) is 6.07 Å². The lowest BCUT2D eigenvalue weighted by Crippen LogP contribution is -1.82. The maximum Gasteiger partial charge on any atom is 0.433 e. The molecule has 0 saturated heterocycles. The van der Waals surface area contributed by atoms with Gasteiger partial charge in [-0.1, -0.05) is 11.8 Å². The first-order chi connectivity index (χ1) is 8.15. The van der Waals surface area contributed by atoms with Crippen molar-refractivity contribution in [2.24, 2.45) is 0 Å². The summed E-state index contributed by atoms with van der Waals surface area (Å²) < 4.78 is 5.90. The summed E-state index contributed by atoms with van der Waals surface area (Å²) in [6.07, 6.45) is 1.68. The highest BCUT2D eigenvalue weighted by Gasteiger charge is 2.09. The van der Waals surface area contributed by atoms with Crippen molar-refractivity contribution in [3.63, 3.8) is 0 Å². The number of furan rings is 1. The Labute approximate surface area is 105 Å². The zero-order valence-corrected chi connectivity index (χ0v) is 10.5. The van der Waals surface area contributed by atoms with E-state index in [0.29, 0.717) is 5.76 Å². The molecule has 2 heterocycles. The van der Waals surface area contributed by atoms with Gasteiger partial charge in [-0.3, -0.25) is 10.1 Å². The molecule has 0 aliphatic rings. The van der Waals surface area contributed by atoms with Gasteiger partial charge in [-0.15, -0.1) is 11.3 Å². The minimum Gasteiger partial charge on any atom is -0.401 e. The summed E-state index contributed by atoms with van der Waals surface area (Å²) in [5.41, 5.74) is 0.986. The Morgan fingerprint density at radius 3 is 3.00 bits per heavy atom. The van der Waals surface area contributed by atoms with Gasteiger partial charge in [-0.2, -0.15) is 0 Å². The van der Waals surface area contributed by atoms with E-state index in [0.717, 1.165) is 10.0 Å². The van der Waals surface area contributed by atoms with E-state index >= 15 is 0 Å². The molecule has 7 heteroatoms. The Balaban J connectivity index is 1.98. The van der Waals surface area contributed by atoms with E-state index in [1.54, 1.807) is 28.9 Å². The molecular formula is C10H8N2O3S2. The summed E-state index contributed by atoms with van der Waals surface area (Å²) in [5, 5.41) is 14.1. The van der Waals surface area contributed by atoms with E-state index in [2.05, 4.69) is 4.98 Å². The summed E-state index contributed by atoms with van der Waals surface area (Å²) in [6.45, 7) is 1.93. The smallest absolute Gasteiger partial charge is 0.401 e. The summed E-state index contributed by atoms with van der Waals surface area (Å²) in [6, 6.07) is 2.89. The summed E-state index contributed by atoms with van der Waals surface area (Å²) >= 11 is 3.01. The fourth-order valence-corrected chi connectivity index (χ4v) is 2.64. The predicted molar refractivity (Wildman–Crippen MR) is 67.1 cm³/mol. The summed E-state index contributed by atoms with van der Waals surface area (Å²) in [4.78, 5) is 14.1. The van der Waals surface area contributed by atoms with Crippen LogP contribution in [-0.2, 0) is 0 Å². The Kier molecular flexibility index (Phi) is 3.60. The molecule has 0 aliphatic carbocycles. The Bertz CT molecular complexity index is 559. The molecule has 0 radical (unpaired) electrons. The minimum atomic E-state index is -0.561. The van der Waals surface area contributed by atoms with Gasteiger partial charge in [-0.05, 0) is 24.5 Å². The van der Waals surface area contributed by atoms with Gasteiger partial charge < -0.3 is 4.42 Å². The van der Waals surface area contributed by atoms with E-state index in [9.17, 15) is 10.1 Å². The second kappa shape index (κ2) is 5.15.